The number of rotatable bonds is 5. The van der Waals surface area contributed by atoms with Crippen LogP contribution >= 0.6 is 0 Å². The standard InChI is InChI=1S/C17H27BN2O2/c1-16(2)17(3,4)22-18(21-16)15(11-19)10-13-6-8-14(9-7-13)12-20-5/h6-10,20H,11-12,19H2,1-5H3. The summed E-state index contributed by atoms with van der Waals surface area (Å²) in [6, 6.07) is 8.41. The number of hydrogen-bond donors (Lipinski definition) is 2. The average Bonchev–Trinajstić information content (AvgIpc) is 2.67. The summed E-state index contributed by atoms with van der Waals surface area (Å²) in [6.07, 6.45) is 2.06. The van der Waals surface area contributed by atoms with Gasteiger partial charge in [-0.05, 0) is 51.3 Å². The van der Waals surface area contributed by atoms with E-state index in [1.54, 1.807) is 0 Å². The lowest BCUT2D eigenvalue weighted by molar-refractivity contribution is 0.00578. The first-order chi connectivity index (χ1) is 10.3. The maximum atomic E-state index is 6.07. The van der Waals surface area contributed by atoms with E-state index in [1.807, 2.05) is 34.7 Å². The Kier molecular flexibility index (Phi) is 5.12. The maximum Gasteiger partial charge on any atom is 0.491 e. The van der Waals surface area contributed by atoms with E-state index >= 15 is 0 Å². The predicted molar refractivity (Wildman–Crippen MR) is 92.3 cm³/mol. The van der Waals surface area contributed by atoms with E-state index < -0.39 is 0 Å². The highest BCUT2D eigenvalue weighted by molar-refractivity contribution is 6.55. The first kappa shape index (κ1) is 17.2. The molecule has 0 aliphatic carbocycles. The fourth-order valence-electron chi connectivity index (χ4n) is 2.37. The zero-order valence-electron chi connectivity index (χ0n) is 14.3. The third-order valence-corrected chi connectivity index (χ3v) is 4.50. The third-order valence-electron chi connectivity index (χ3n) is 4.50. The van der Waals surface area contributed by atoms with Gasteiger partial charge in [0.15, 0.2) is 0 Å². The molecule has 0 spiro atoms. The summed E-state index contributed by atoms with van der Waals surface area (Å²) >= 11 is 0. The van der Waals surface area contributed by atoms with Crippen molar-refractivity contribution >= 4 is 13.2 Å². The van der Waals surface area contributed by atoms with Crippen LogP contribution in [0.3, 0.4) is 0 Å². The van der Waals surface area contributed by atoms with Gasteiger partial charge in [-0.2, -0.15) is 0 Å². The van der Waals surface area contributed by atoms with Crippen LogP contribution in [0.2, 0.25) is 0 Å². The van der Waals surface area contributed by atoms with Crippen molar-refractivity contribution in [2.24, 2.45) is 5.73 Å². The zero-order chi connectivity index (χ0) is 16.4. The molecule has 0 radical (unpaired) electrons. The monoisotopic (exact) mass is 302 g/mol. The van der Waals surface area contributed by atoms with Crippen molar-refractivity contribution < 1.29 is 9.31 Å². The Morgan fingerprint density at radius 1 is 1.14 bits per heavy atom. The van der Waals surface area contributed by atoms with Crippen LogP contribution in [0.4, 0.5) is 0 Å². The highest BCUT2D eigenvalue weighted by atomic mass is 16.7. The number of hydrogen-bond acceptors (Lipinski definition) is 4. The SMILES string of the molecule is CNCc1ccc(C=C(CN)B2OC(C)(C)C(C)(C)O2)cc1. The van der Waals surface area contributed by atoms with Crippen molar-refractivity contribution in [3.63, 3.8) is 0 Å². The Labute approximate surface area is 134 Å². The maximum absolute atomic E-state index is 6.07. The molecule has 0 saturated carbocycles. The van der Waals surface area contributed by atoms with E-state index in [1.165, 1.54) is 5.56 Å². The molecule has 1 fully saturated rings. The smallest absolute Gasteiger partial charge is 0.400 e. The molecule has 0 atom stereocenters. The van der Waals surface area contributed by atoms with Crippen LogP contribution in [0.1, 0.15) is 38.8 Å². The van der Waals surface area contributed by atoms with Crippen LogP contribution in [0, 0.1) is 0 Å². The molecule has 1 aromatic rings. The van der Waals surface area contributed by atoms with Crippen LogP contribution in [0.25, 0.3) is 6.08 Å². The van der Waals surface area contributed by atoms with Gasteiger partial charge in [0.2, 0.25) is 0 Å². The summed E-state index contributed by atoms with van der Waals surface area (Å²) in [5.74, 6) is 0. The van der Waals surface area contributed by atoms with Gasteiger partial charge < -0.3 is 20.4 Å². The Hall–Kier alpha value is -1.14. The minimum absolute atomic E-state index is 0.345. The normalized spacial score (nSPS) is 20.5. The topological polar surface area (TPSA) is 56.5 Å². The highest BCUT2D eigenvalue weighted by Crippen LogP contribution is 2.38. The highest BCUT2D eigenvalue weighted by Gasteiger charge is 2.52. The Morgan fingerprint density at radius 2 is 1.68 bits per heavy atom. The summed E-state index contributed by atoms with van der Waals surface area (Å²) in [7, 11) is 1.56. The largest absolute Gasteiger partial charge is 0.491 e. The molecule has 2 rings (SSSR count). The van der Waals surface area contributed by atoms with Crippen LogP contribution in [-0.2, 0) is 15.9 Å². The number of benzene rings is 1. The molecule has 1 saturated heterocycles. The molecule has 1 aliphatic heterocycles. The lowest BCUT2D eigenvalue weighted by Crippen LogP contribution is -2.41. The summed E-state index contributed by atoms with van der Waals surface area (Å²) in [5, 5.41) is 3.14. The van der Waals surface area contributed by atoms with Crippen LogP contribution in [0.15, 0.2) is 29.7 Å². The van der Waals surface area contributed by atoms with E-state index in [0.717, 1.165) is 17.6 Å². The lowest BCUT2D eigenvalue weighted by atomic mass is 9.77. The second kappa shape index (κ2) is 6.55. The van der Waals surface area contributed by atoms with E-state index in [0.29, 0.717) is 6.54 Å². The summed E-state index contributed by atoms with van der Waals surface area (Å²) in [6.45, 7) is 9.47. The van der Waals surface area contributed by atoms with E-state index in [-0.39, 0.29) is 18.3 Å². The third kappa shape index (κ3) is 3.61. The molecule has 120 valence electrons. The molecule has 22 heavy (non-hydrogen) atoms. The quantitative estimate of drug-likeness (QED) is 0.820. The molecular formula is C17H27BN2O2. The van der Waals surface area contributed by atoms with Crippen LogP contribution in [-0.4, -0.2) is 31.9 Å². The van der Waals surface area contributed by atoms with Crippen molar-refractivity contribution in [3.8, 4) is 0 Å². The van der Waals surface area contributed by atoms with Crippen molar-refractivity contribution in [1.82, 2.24) is 5.32 Å². The van der Waals surface area contributed by atoms with Crippen LogP contribution in [0.5, 0.6) is 0 Å². The van der Waals surface area contributed by atoms with Gasteiger partial charge in [0.05, 0.1) is 11.2 Å². The van der Waals surface area contributed by atoms with E-state index in [4.69, 9.17) is 15.0 Å². The van der Waals surface area contributed by atoms with Crippen molar-refractivity contribution in [2.75, 3.05) is 13.6 Å². The molecule has 1 aromatic carbocycles. The van der Waals surface area contributed by atoms with Crippen molar-refractivity contribution in [2.45, 2.75) is 45.4 Å². The van der Waals surface area contributed by atoms with Gasteiger partial charge >= 0.3 is 7.12 Å². The van der Waals surface area contributed by atoms with Gasteiger partial charge in [0, 0.05) is 13.1 Å². The summed E-state index contributed by atoms with van der Waals surface area (Å²) < 4.78 is 12.1. The molecule has 0 bridgehead atoms. The van der Waals surface area contributed by atoms with Gasteiger partial charge in [0.1, 0.15) is 0 Å². The average molecular weight is 302 g/mol. The number of nitrogens with two attached hydrogens (primary N) is 1. The van der Waals surface area contributed by atoms with Crippen LogP contribution < -0.4 is 11.1 Å². The van der Waals surface area contributed by atoms with E-state index in [9.17, 15) is 0 Å². The van der Waals surface area contributed by atoms with Crippen molar-refractivity contribution in [1.29, 1.82) is 0 Å². The molecule has 3 N–H and O–H groups in total. The molecule has 0 aromatic heterocycles. The minimum Gasteiger partial charge on any atom is -0.400 e. The predicted octanol–water partition coefficient (Wildman–Crippen LogP) is 2.38. The number of nitrogens with one attached hydrogen (secondary N) is 1. The summed E-state index contributed by atoms with van der Waals surface area (Å²) in [5.41, 5.74) is 8.55. The fraction of sp³-hybridized carbons (Fsp3) is 0.529. The molecule has 4 nitrogen and oxygen atoms in total. The molecular weight excluding hydrogens is 275 g/mol. The molecule has 0 unspecified atom stereocenters. The van der Waals surface area contributed by atoms with Gasteiger partial charge in [-0.3, -0.25) is 0 Å². The molecule has 1 aliphatic rings. The van der Waals surface area contributed by atoms with Gasteiger partial charge in [-0.15, -0.1) is 0 Å². The zero-order valence-corrected chi connectivity index (χ0v) is 14.3. The Morgan fingerprint density at radius 3 is 2.14 bits per heavy atom. The van der Waals surface area contributed by atoms with Gasteiger partial charge in [0.25, 0.3) is 0 Å². The Bertz CT molecular complexity index is 522. The molecule has 0 amide bonds. The van der Waals surface area contributed by atoms with Crippen molar-refractivity contribution in [3.05, 3.63) is 40.9 Å². The summed E-state index contributed by atoms with van der Waals surface area (Å²) in [4.78, 5) is 0. The molecule has 1 heterocycles. The first-order valence-electron chi connectivity index (χ1n) is 7.79. The lowest BCUT2D eigenvalue weighted by Gasteiger charge is -2.32. The second-order valence-corrected chi connectivity index (χ2v) is 6.78. The molecule has 5 heteroatoms. The van der Waals surface area contributed by atoms with E-state index in [2.05, 4.69) is 35.7 Å². The van der Waals surface area contributed by atoms with Gasteiger partial charge in [-0.25, -0.2) is 0 Å². The first-order valence-corrected chi connectivity index (χ1v) is 7.79. The second-order valence-electron chi connectivity index (χ2n) is 6.78. The fourth-order valence-corrected chi connectivity index (χ4v) is 2.37. The van der Waals surface area contributed by atoms with Gasteiger partial charge in [-0.1, -0.05) is 30.3 Å². The minimum atomic E-state index is -0.382. The Balaban J connectivity index is 2.18.